The second-order valence-electron chi connectivity index (χ2n) is 6.77. The molecule has 4 aromatic rings. The van der Waals surface area contributed by atoms with E-state index in [1.54, 1.807) is 6.07 Å². The summed E-state index contributed by atoms with van der Waals surface area (Å²) in [7, 11) is 0. The zero-order valence-electron chi connectivity index (χ0n) is 16.3. The molecule has 2 aromatic heterocycles. The monoisotopic (exact) mass is 401 g/mol. The highest BCUT2D eigenvalue weighted by Crippen LogP contribution is 2.14. The fourth-order valence-electron chi connectivity index (χ4n) is 2.95. The molecule has 4 rings (SSSR count). The van der Waals surface area contributed by atoms with Crippen molar-refractivity contribution in [1.82, 2.24) is 25.2 Å². The van der Waals surface area contributed by atoms with Gasteiger partial charge in [0.2, 0.25) is 0 Å². The normalized spacial score (nSPS) is 10.7. The molecule has 2 heterocycles. The van der Waals surface area contributed by atoms with E-state index in [1.165, 1.54) is 10.7 Å². The summed E-state index contributed by atoms with van der Waals surface area (Å²) in [6.07, 6.45) is 0. The predicted molar refractivity (Wildman–Crippen MR) is 110 cm³/mol. The Labute approximate surface area is 172 Å². The summed E-state index contributed by atoms with van der Waals surface area (Å²) in [6, 6.07) is 20.4. The SMILES string of the molecule is Cc1cccc(CNC(=O)c2nc(Cn3nc(-c4ccccc4)ccc3=O)no2)c1. The van der Waals surface area contributed by atoms with Crippen molar-refractivity contribution >= 4 is 5.91 Å². The average molecular weight is 401 g/mol. The number of aromatic nitrogens is 4. The van der Waals surface area contributed by atoms with Crippen LogP contribution >= 0.6 is 0 Å². The fraction of sp³-hybridized carbons (Fsp3) is 0.136. The number of hydrogen-bond acceptors (Lipinski definition) is 6. The molecule has 0 atom stereocenters. The highest BCUT2D eigenvalue weighted by atomic mass is 16.5. The van der Waals surface area contributed by atoms with Crippen LogP contribution in [-0.2, 0) is 13.1 Å². The summed E-state index contributed by atoms with van der Waals surface area (Å²) in [5.74, 6) is -0.450. The van der Waals surface area contributed by atoms with E-state index in [9.17, 15) is 9.59 Å². The Morgan fingerprint density at radius 2 is 1.90 bits per heavy atom. The first-order valence-electron chi connectivity index (χ1n) is 9.38. The van der Waals surface area contributed by atoms with Crippen molar-refractivity contribution in [3.63, 3.8) is 0 Å². The van der Waals surface area contributed by atoms with Crippen molar-refractivity contribution in [2.45, 2.75) is 20.0 Å². The summed E-state index contributed by atoms with van der Waals surface area (Å²) in [4.78, 5) is 28.5. The number of nitrogens with one attached hydrogen (secondary N) is 1. The Hall–Kier alpha value is -4.07. The zero-order valence-corrected chi connectivity index (χ0v) is 16.3. The van der Waals surface area contributed by atoms with Gasteiger partial charge in [0, 0.05) is 18.2 Å². The summed E-state index contributed by atoms with van der Waals surface area (Å²) in [5.41, 5.74) is 3.31. The molecule has 0 aliphatic heterocycles. The lowest BCUT2D eigenvalue weighted by molar-refractivity contribution is 0.0907. The molecule has 8 nitrogen and oxygen atoms in total. The molecule has 30 heavy (non-hydrogen) atoms. The van der Waals surface area contributed by atoms with Gasteiger partial charge in [-0.15, -0.1) is 0 Å². The molecule has 1 amide bonds. The van der Waals surface area contributed by atoms with Gasteiger partial charge in [-0.2, -0.15) is 10.1 Å². The van der Waals surface area contributed by atoms with Gasteiger partial charge in [0.15, 0.2) is 5.82 Å². The van der Waals surface area contributed by atoms with Crippen molar-refractivity contribution < 1.29 is 9.32 Å². The number of carbonyl (C=O) groups is 1. The van der Waals surface area contributed by atoms with Crippen LogP contribution in [0.5, 0.6) is 0 Å². The number of hydrogen-bond donors (Lipinski definition) is 1. The highest BCUT2D eigenvalue weighted by Gasteiger charge is 2.16. The largest absolute Gasteiger partial charge is 0.344 e. The molecule has 0 spiro atoms. The standard InChI is InChI=1S/C22H19N5O3/c1-15-6-5-7-16(12-15)13-23-21(29)22-24-19(26-30-22)14-27-20(28)11-10-18(25-27)17-8-3-2-4-9-17/h2-12H,13-14H2,1H3,(H,23,29). The molecular weight excluding hydrogens is 382 g/mol. The van der Waals surface area contributed by atoms with Crippen LogP contribution in [0.4, 0.5) is 0 Å². The lowest BCUT2D eigenvalue weighted by atomic mass is 10.1. The van der Waals surface area contributed by atoms with Crippen LogP contribution in [-0.4, -0.2) is 25.8 Å². The molecule has 0 radical (unpaired) electrons. The van der Waals surface area contributed by atoms with Crippen molar-refractivity contribution in [2.75, 3.05) is 0 Å². The van der Waals surface area contributed by atoms with Crippen LogP contribution in [0, 0.1) is 6.92 Å². The van der Waals surface area contributed by atoms with E-state index in [0.717, 1.165) is 16.7 Å². The first kappa shape index (κ1) is 19.3. The van der Waals surface area contributed by atoms with Gasteiger partial charge in [-0.05, 0) is 18.6 Å². The van der Waals surface area contributed by atoms with E-state index in [-0.39, 0.29) is 23.8 Å². The van der Waals surface area contributed by atoms with Crippen LogP contribution in [0.25, 0.3) is 11.3 Å². The minimum Gasteiger partial charge on any atom is -0.344 e. The van der Waals surface area contributed by atoms with Crippen LogP contribution in [0.3, 0.4) is 0 Å². The number of rotatable bonds is 6. The topological polar surface area (TPSA) is 103 Å². The molecule has 1 N–H and O–H groups in total. The average Bonchev–Trinajstić information content (AvgIpc) is 3.23. The first-order valence-corrected chi connectivity index (χ1v) is 9.38. The number of benzene rings is 2. The summed E-state index contributed by atoms with van der Waals surface area (Å²) >= 11 is 0. The van der Waals surface area contributed by atoms with Gasteiger partial charge in [-0.25, -0.2) is 4.68 Å². The van der Waals surface area contributed by atoms with Crippen molar-refractivity contribution in [2.24, 2.45) is 0 Å². The molecule has 2 aromatic carbocycles. The molecule has 150 valence electrons. The van der Waals surface area contributed by atoms with E-state index in [4.69, 9.17) is 4.52 Å². The van der Waals surface area contributed by atoms with Crippen LogP contribution in [0.2, 0.25) is 0 Å². The third-order valence-electron chi connectivity index (χ3n) is 4.43. The Morgan fingerprint density at radius 3 is 2.70 bits per heavy atom. The smallest absolute Gasteiger partial charge is 0.316 e. The Kier molecular flexibility index (Phi) is 5.47. The maximum absolute atomic E-state index is 12.3. The third kappa shape index (κ3) is 4.49. The van der Waals surface area contributed by atoms with Gasteiger partial charge in [-0.3, -0.25) is 9.59 Å². The molecular formula is C22H19N5O3. The van der Waals surface area contributed by atoms with E-state index < -0.39 is 5.91 Å². The quantitative estimate of drug-likeness (QED) is 0.533. The maximum Gasteiger partial charge on any atom is 0.316 e. The molecule has 8 heteroatoms. The predicted octanol–water partition coefficient (Wildman–Crippen LogP) is 2.58. The second kappa shape index (κ2) is 8.52. The number of nitrogens with zero attached hydrogens (tertiary/aromatic N) is 4. The summed E-state index contributed by atoms with van der Waals surface area (Å²) in [6.45, 7) is 2.32. The number of aryl methyl sites for hydroxylation is 1. The maximum atomic E-state index is 12.3. The van der Waals surface area contributed by atoms with Gasteiger partial charge in [0.25, 0.3) is 5.56 Å². The summed E-state index contributed by atoms with van der Waals surface area (Å²) < 4.78 is 6.29. The summed E-state index contributed by atoms with van der Waals surface area (Å²) in [5, 5.41) is 10.9. The van der Waals surface area contributed by atoms with Crippen LogP contribution < -0.4 is 10.9 Å². The van der Waals surface area contributed by atoms with Gasteiger partial charge >= 0.3 is 11.8 Å². The van der Waals surface area contributed by atoms with E-state index in [0.29, 0.717) is 12.2 Å². The van der Waals surface area contributed by atoms with Gasteiger partial charge in [-0.1, -0.05) is 65.3 Å². The molecule has 0 saturated carbocycles. The van der Waals surface area contributed by atoms with Gasteiger partial charge in [0.05, 0.1) is 5.69 Å². The Morgan fingerprint density at radius 1 is 1.07 bits per heavy atom. The number of amides is 1. The lowest BCUT2D eigenvalue weighted by Gasteiger charge is -2.05. The van der Waals surface area contributed by atoms with Gasteiger partial charge in [0.1, 0.15) is 6.54 Å². The molecule has 0 aliphatic carbocycles. The van der Waals surface area contributed by atoms with Crippen molar-refractivity contribution in [3.8, 4) is 11.3 Å². The molecule has 0 unspecified atom stereocenters. The molecule has 0 aliphatic rings. The van der Waals surface area contributed by atoms with E-state index >= 15 is 0 Å². The first-order chi connectivity index (χ1) is 14.6. The molecule has 0 saturated heterocycles. The minimum atomic E-state index is -0.478. The van der Waals surface area contributed by atoms with Crippen molar-refractivity contribution in [3.05, 3.63) is 99.9 Å². The van der Waals surface area contributed by atoms with Crippen LogP contribution in [0.15, 0.2) is 76.0 Å². The molecule has 0 fully saturated rings. The van der Waals surface area contributed by atoms with E-state index in [2.05, 4.69) is 20.6 Å². The second-order valence-corrected chi connectivity index (χ2v) is 6.77. The fourth-order valence-corrected chi connectivity index (χ4v) is 2.95. The molecule has 0 bridgehead atoms. The Balaban J connectivity index is 1.45. The third-order valence-corrected chi connectivity index (χ3v) is 4.43. The Bertz CT molecular complexity index is 1230. The van der Waals surface area contributed by atoms with Crippen LogP contribution in [0.1, 0.15) is 27.6 Å². The lowest BCUT2D eigenvalue weighted by Crippen LogP contribution is -2.24. The zero-order chi connectivity index (χ0) is 20.9. The minimum absolute atomic E-state index is 0.00579. The number of carbonyl (C=O) groups excluding carboxylic acids is 1. The van der Waals surface area contributed by atoms with E-state index in [1.807, 2.05) is 61.5 Å². The van der Waals surface area contributed by atoms with Crippen molar-refractivity contribution in [1.29, 1.82) is 0 Å². The highest BCUT2D eigenvalue weighted by molar-refractivity contribution is 5.89. The van der Waals surface area contributed by atoms with Gasteiger partial charge < -0.3 is 9.84 Å².